The number of hydrogen-bond acceptors (Lipinski definition) is 3. The number of hydrogen-bond donors (Lipinski definition) is 1. The normalized spacial score (nSPS) is 20.2. The molecule has 0 unspecified atom stereocenters. The molecule has 5 heteroatoms. The van der Waals surface area contributed by atoms with Gasteiger partial charge in [-0.05, 0) is 45.7 Å². The molecule has 21 heavy (non-hydrogen) atoms. The van der Waals surface area contributed by atoms with Crippen LogP contribution in [0, 0.1) is 0 Å². The largest absolute Gasteiger partial charge is 0.330 e. The van der Waals surface area contributed by atoms with Crippen molar-refractivity contribution in [2.75, 3.05) is 13.1 Å². The summed E-state index contributed by atoms with van der Waals surface area (Å²) < 4.78 is 3.89. The smallest absolute Gasteiger partial charge is 0.274 e. The monoisotopic (exact) mass is 286 g/mol. The Hall–Kier alpha value is -1.62. The fourth-order valence-corrected chi connectivity index (χ4v) is 3.52. The second-order valence-electron chi connectivity index (χ2n) is 6.29. The maximum Gasteiger partial charge on any atom is 0.274 e. The van der Waals surface area contributed by atoms with E-state index < -0.39 is 0 Å². The highest BCUT2D eigenvalue weighted by Gasteiger charge is 2.28. The van der Waals surface area contributed by atoms with Crippen molar-refractivity contribution in [2.45, 2.75) is 51.0 Å². The van der Waals surface area contributed by atoms with Crippen LogP contribution in [0.25, 0.3) is 5.65 Å². The lowest BCUT2D eigenvalue weighted by atomic mass is 9.94. The molecule has 1 saturated carbocycles. The number of aromatic nitrogens is 3. The Bertz CT molecular complexity index is 720. The maximum atomic E-state index is 12.4. The molecule has 1 N–H and O–H groups in total. The standard InChI is InChI=1S/C16H22N4O/c1-2-19-14(12-5-7-17-8-6-12)10-16(21)20-15(19)9-13(18-20)11-3-4-11/h9-12,17H,2-8H2,1H3. The third kappa shape index (κ3) is 2.20. The van der Waals surface area contributed by atoms with Gasteiger partial charge in [-0.25, -0.2) is 0 Å². The minimum atomic E-state index is 0.0233. The maximum absolute atomic E-state index is 12.4. The van der Waals surface area contributed by atoms with E-state index >= 15 is 0 Å². The van der Waals surface area contributed by atoms with Crippen molar-refractivity contribution >= 4 is 5.65 Å². The first kappa shape index (κ1) is 13.1. The van der Waals surface area contributed by atoms with Gasteiger partial charge in [-0.15, -0.1) is 0 Å². The van der Waals surface area contributed by atoms with E-state index in [2.05, 4.69) is 28.0 Å². The van der Waals surface area contributed by atoms with Crippen LogP contribution < -0.4 is 10.9 Å². The van der Waals surface area contributed by atoms with E-state index in [1.165, 1.54) is 18.5 Å². The number of aryl methyl sites for hydroxylation is 1. The number of rotatable bonds is 3. The molecule has 5 nitrogen and oxygen atoms in total. The van der Waals surface area contributed by atoms with E-state index in [4.69, 9.17) is 0 Å². The van der Waals surface area contributed by atoms with Gasteiger partial charge in [0.25, 0.3) is 5.56 Å². The van der Waals surface area contributed by atoms with Gasteiger partial charge in [0.15, 0.2) is 0 Å². The summed E-state index contributed by atoms with van der Waals surface area (Å²) in [5.74, 6) is 1.07. The summed E-state index contributed by atoms with van der Waals surface area (Å²) in [7, 11) is 0. The third-order valence-corrected chi connectivity index (χ3v) is 4.85. The molecular weight excluding hydrogens is 264 g/mol. The molecule has 3 heterocycles. The van der Waals surface area contributed by atoms with Crippen molar-refractivity contribution in [3.8, 4) is 0 Å². The zero-order valence-corrected chi connectivity index (χ0v) is 12.5. The number of piperidine rings is 1. The van der Waals surface area contributed by atoms with Crippen molar-refractivity contribution in [3.05, 3.63) is 33.9 Å². The molecule has 4 rings (SSSR count). The van der Waals surface area contributed by atoms with Crippen molar-refractivity contribution in [3.63, 3.8) is 0 Å². The summed E-state index contributed by atoms with van der Waals surface area (Å²) in [6, 6.07) is 3.95. The van der Waals surface area contributed by atoms with Crippen LogP contribution >= 0.6 is 0 Å². The van der Waals surface area contributed by atoms with Crippen molar-refractivity contribution in [2.24, 2.45) is 0 Å². The first-order valence-electron chi connectivity index (χ1n) is 8.12. The van der Waals surface area contributed by atoms with Gasteiger partial charge in [0, 0.05) is 36.2 Å². The molecule has 0 radical (unpaired) electrons. The molecule has 0 bridgehead atoms. The van der Waals surface area contributed by atoms with Crippen molar-refractivity contribution in [1.29, 1.82) is 0 Å². The minimum Gasteiger partial charge on any atom is -0.330 e. The van der Waals surface area contributed by atoms with Gasteiger partial charge in [-0.3, -0.25) is 4.79 Å². The summed E-state index contributed by atoms with van der Waals surface area (Å²) in [6.07, 6.45) is 4.65. The Kier molecular flexibility index (Phi) is 3.10. The second-order valence-corrected chi connectivity index (χ2v) is 6.29. The van der Waals surface area contributed by atoms with Crippen LogP contribution in [0.2, 0.25) is 0 Å². The van der Waals surface area contributed by atoms with Crippen molar-refractivity contribution < 1.29 is 0 Å². The Morgan fingerprint density at radius 3 is 2.62 bits per heavy atom. The molecule has 112 valence electrons. The lowest BCUT2D eigenvalue weighted by Crippen LogP contribution is -2.30. The fraction of sp³-hybridized carbons (Fsp3) is 0.625. The molecule has 0 aromatic carbocycles. The molecule has 0 atom stereocenters. The van der Waals surface area contributed by atoms with Crippen LogP contribution in [0.4, 0.5) is 0 Å². The minimum absolute atomic E-state index is 0.0233. The first-order valence-corrected chi connectivity index (χ1v) is 8.12. The molecule has 2 aromatic heterocycles. The number of nitrogens with zero attached hydrogens (tertiary/aromatic N) is 3. The van der Waals surface area contributed by atoms with Gasteiger partial charge >= 0.3 is 0 Å². The van der Waals surface area contributed by atoms with Crippen molar-refractivity contribution in [1.82, 2.24) is 19.5 Å². The fourth-order valence-electron chi connectivity index (χ4n) is 3.52. The summed E-state index contributed by atoms with van der Waals surface area (Å²) in [6.45, 7) is 5.12. The van der Waals surface area contributed by atoms with Crippen LogP contribution in [0.3, 0.4) is 0 Å². The summed E-state index contributed by atoms with van der Waals surface area (Å²) in [5.41, 5.74) is 3.28. The number of fused-ring (bicyclic) bond motifs is 1. The predicted octanol–water partition coefficient (Wildman–Crippen LogP) is 1.86. The molecule has 0 spiro atoms. The average molecular weight is 286 g/mol. The zero-order valence-electron chi connectivity index (χ0n) is 12.5. The van der Waals surface area contributed by atoms with E-state index in [9.17, 15) is 4.79 Å². The lowest BCUT2D eigenvalue weighted by Gasteiger charge is -2.26. The van der Waals surface area contributed by atoms with Crippen LogP contribution in [0.5, 0.6) is 0 Å². The lowest BCUT2D eigenvalue weighted by molar-refractivity contribution is 0.438. The van der Waals surface area contributed by atoms with E-state index in [0.29, 0.717) is 11.8 Å². The van der Waals surface area contributed by atoms with E-state index in [0.717, 1.165) is 43.8 Å². The van der Waals surface area contributed by atoms with Gasteiger partial charge < -0.3 is 9.88 Å². The summed E-state index contributed by atoms with van der Waals surface area (Å²) in [5, 5.41) is 7.94. The Labute approximate surface area is 124 Å². The van der Waals surface area contributed by atoms with Gasteiger partial charge in [-0.2, -0.15) is 9.61 Å². The van der Waals surface area contributed by atoms with Crippen LogP contribution in [-0.4, -0.2) is 27.3 Å². The molecule has 0 amide bonds. The van der Waals surface area contributed by atoms with Gasteiger partial charge in [0.1, 0.15) is 5.65 Å². The van der Waals surface area contributed by atoms with Gasteiger partial charge in [-0.1, -0.05) is 0 Å². The highest BCUT2D eigenvalue weighted by molar-refractivity contribution is 5.44. The van der Waals surface area contributed by atoms with E-state index in [-0.39, 0.29) is 5.56 Å². The van der Waals surface area contributed by atoms with E-state index in [1.54, 1.807) is 4.52 Å². The second kappa shape index (κ2) is 4.98. The topological polar surface area (TPSA) is 51.3 Å². The quantitative estimate of drug-likeness (QED) is 0.937. The Balaban J connectivity index is 1.87. The highest BCUT2D eigenvalue weighted by Crippen LogP contribution is 2.39. The van der Waals surface area contributed by atoms with E-state index in [1.807, 2.05) is 6.07 Å². The highest BCUT2D eigenvalue weighted by atomic mass is 16.1. The SMILES string of the molecule is CCn1c(C2CCNCC2)cc(=O)n2nc(C3CC3)cc12. The molecule has 2 aromatic rings. The summed E-state index contributed by atoms with van der Waals surface area (Å²) in [4.78, 5) is 12.4. The third-order valence-electron chi connectivity index (χ3n) is 4.85. The molecule has 1 aliphatic heterocycles. The summed E-state index contributed by atoms with van der Waals surface area (Å²) >= 11 is 0. The molecule has 2 aliphatic rings. The molecule has 1 aliphatic carbocycles. The molecular formula is C16H22N4O. The molecule has 1 saturated heterocycles. The van der Waals surface area contributed by atoms with Gasteiger partial charge in [0.05, 0.1) is 5.69 Å². The first-order chi connectivity index (χ1) is 10.3. The zero-order chi connectivity index (χ0) is 14.4. The average Bonchev–Trinajstić information content (AvgIpc) is 3.27. The predicted molar refractivity (Wildman–Crippen MR) is 81.9 cm³/mol. The Morgan fingerprint density at radius 2 is 1.95 bits per heavy atom. The van der Waals surface area contributed by atoms with Crippen LogP contribution in [0.1, 0.15) is 55.8 Å². The molecule has 2 fully saturated rings. The Morgan fingerprint density at radius 1 is 1.19 bits per heavy atom. The van der Waals surface area contributed by atoms with Gasteiger partial charge in [0.2, 0.25) is 0 Å². The number of nitrogens with one attached hydrogen (secondary N) is 1. The van der Waals surface area contributed by atoms with Crippen LogP contribution in [0.15, 0.2) is 16.9 Å². The van der Waals surface area contributed by atoms with Crippen LogP contribution in [-0.2, 0) is 6.54 Å².